The summed E-state index contributed by atoms with van der Waals surface area (Å²) in [7, 11) is 4.93. The number of imidazole rings is 1. The number of hydrogen-bond donors (Lipinski definition) is 1. The van der Waals surface area contributed by atoms with Gasteiger partial charge in [-0.15, -0.1) is 0 Å². The van der Waals surface area contributed by atoms with Crippen molar-refractivity contribution >= 4 is 28.7 Å². The normalized spacial score (nSPS) is 11.9. The number of nitrogens with one attached hydrogen (secondary N) is 1. The predicted molar refractivity (Wildman–Crippen MR) is 129 cm³/mol. The highest BCUT2D eigenvalue weighted by molar-refractivity contribution is 6.32. The minimum absolute atomic E-state index is 0.163. The van der Waals surface area contributed by atoms with Crippen LogP contribution in [0.1, 0.15) is 17.3 Å². The zero-order valence-corrected chi connectivity index (χ0v) is 20.0. The highest BCUT2D eigenvalue weighted by Gasteiger charge is 2.16. The number of fused-ring (bicyclic) bond motifs is 1. The molecule has 9 nitrogen and oxygen atoms in total. The maximum atomic E-state index is 12.2. The Morgan fingerprint density at radius 3 is 2.68 bits per heavy atom. The molecule has 0 radical (unpaired) electrons. The van der Waals surface area contributed by atoms with E-state index in [9.17, 15) is 4.79 Å². The van der Waals surface area contributed by atoms with Gasteiger partial charge in [-0.1, -0.05) is 11.6 Å². The number of amides is 1. The van der Waals surface area contributed by atoms with E-state index in [1.807, 2.05) is 25.1 Å². The molecule has 3 aromatic heterocycles. The van der Waals surface area contributed by atoms with Gasteiger partial charge in [0.25, 0.3) is 5.91 Å². The molecular formula is C24H24ClN5O4. The van der Waals surface area contributed by atoms with Crippen LogP contribution in [0.5, 0.6) is 17.4 Å². The van der Waals surface area contributed by atoms with Gasteiger partial charge in [0.15, 0.2) is 5.65 Å². The fraction of sp³-hybridized carbons (Fsp3) is 0.250. The van der Waals surface area contributed by atoms with Gasteiger partial charge < -0.3 is 24.1 Å². The fourth-order valence-electron chi connectivity index (χ4n) is 3.30. The number of carbonyl (C=O) groups is 1. The lowest BCUT2D eigenvalue weighted by molar-refractivity contribution is 0.0827. The second kappa shape index (κ2) is 10.1. The van der Waals surface area contributed by atoms with Gasteiger partial charge in [-0.25, -0.2) is 15.0 Å². The molecule has 0 saturated carbocycles. The summed E-state index contributed by atoms with van der Waals surface area (Å²) in [5.74, 6) is 1.56. The Bertz CT molecular complexity index is 1290. The number of benzene rings is 1. The number of aromatic nitrogens is 4. The summed E-state index contributed by atoms with van der Waals surface area (Å²) in [5.41, 5.74) is 2.50. The highest BCUT2D eigenvalue weighted by atomic mass is 35.5. The third-order valence-electron chi connectivity index (χ3n) is 4.82. The topological polar surface area (TPSA) is 102 Å². The number of H-pyrrole nitrogens is 1. The first-order valence-electron chi connectivity index (χ1n) is 10.5. The van der Waals surface area contributed by atoms with Crippen molar-refractivity contribution in [2.75, 3.05) is 27.8 Å². The van der Waals surface area contributed by atoms with Crippen LogP contribution in [0.4, 0.5) is 0 Å². The van der Waals surface area contributed by atoms with E-state index in [-0.39, 0.29) is 22.9 Å². The zero-order chi connectivity index (χ0) is 24.2. The Morgan fingerprint density at radius 1 is 1.18 bits per heavy atom. The lowest BCUT2D eigenvalue weighted by Gasteiger charge is -2.16. The number of pyridine rings is 2. The van der Waals surface area contributed by atoms with Crippen molar-refractivity contribution in [3.05, 3.63) is 59.4 Å². The summed E-state index contributed by atoms with van der Waals surface area (Å²) in [5, 5.41) is 0.209. The Balaban J connectivity index is 1.69. The van der Waals surface area contributed by atoms with Crippen molar-refractivity contribution < 1.29 is 19.0 Å². The smallest absolute Gasteiger partial charge is 0.254 e. The zero-order valence-electron chi connectivity index (χ0n) is 19.2. The number of nitrogens with zero attached hydrogens (tertiary/aromatic N) is 4. The lowest BCUT2D eigenvalue weighted by atomic mass is 10.2. The summed E-state index contributed by atoms with van der Waals surface area (Å²) >= 11 is 6.37. The molecule has 1 atom stereocenters. The van der Waals surface area contributed by atoms with Crippen molar-refractivity contribution in [2.24, 2.45) is 0 Å². The molecule has 1 N–H and O–H groups in total. The number of halogens is 1. The summed E-state index contributed by atoms with van der Waals surface area (Å²) in [6.45, 7) is 2.32. The third kappa shape index (κ3) is 5.27. The molecule has 3 heterocycles. The van der Waals surface area contributed by atoms with E-state index >= 15 is 0 Å². The molecule has 0 aliphatic rings. The summed E-state index contributed by atoms with van der Waals surface area (Å²) in [4.78, 5) is 30.0. The molecule has 176 valence electrons. The first kappa shape index (κ1) is 23.5. The first-order valence-corrected chi connectivity index (χ1v) is 10.9. The number of aromatic amines is 1. The average Bonchev–Trinajstić information content (AvgIpc) is 3.24. The monoisotopic (exact) mass is 481 g/mol. The maximum Gasteiger partial charge on any atom is 0.254 e. The quantitative estimate of drug-likeness (QED) is 0.393. The molecule has 1 amide bonds. The predicted octanol–water partition coefficient (Wildman–Crippen LogP) is 4.58. The van der Waals surface area contributed by atoms with Crippen molar-refractivity contribution in [2.45, 2.75) is 13.0 Å². The van der Waals surface area contributed by atoms with E-state index in [0.717, 1.165) is 11.1 Å². The molecular weight excluding hydrogens is 458 g/mol. The van der Waals surface area contributed by atoms with Gasteiger partial charge in [-0.2, -0.15) is 0 Å². The molecule has 0 bridgehead atoms. The SMILES string of the molecule is COC[C@H](C)Oc1cc(Oc2ncc(C(=O)N(C)C)cc2Cl)cc(-c2nc3cccnc3[nH]2)c1. The van der Waals surface area contributed by atoms with Gasteiger partial charge in [0.05, 0.1) is 12.2 Å². The minimum atomic E-state index is -0.204. The van der Waals surface area contributed by atoms with Gasteiger partial charge in [-0.05, 0) is 37.3 Å². The van der Waals surface area contributed by atoms with Crippen molar-refractivity contribution in [3.8, 4) is 28.8 Å². The number of methoxy groups -OCH3 is 1. The van der Waals surface area contributed by atoms with Gasteiger partial charge in [0.1, 0.15) is 34.0 Å². The minimum Gasteiger partial charge on any atom is -0.488 e. The Kier molecular flexibility index (Phi) is 6.95. The van der Waals surface area contributed by atoms with Crippen LogP contribution in [-0.2, 0) is 4.74 Å². The van der Waals surface area contributed by atoms with E-state index in [2.05, 4.69) is 19.9 Å². The van der Waals surface area contributed by atoms with Crippen LogP contribution in [0.3, 0.4) is 0 Å². The molecule has 4 rings (SSSR count). The van der Waals surface area contributed by atoms with E-state index in [1.54, 1.807) is 39.5 Å². The van der Waals surface area contributed by atoms with Crippen LogP contribution in [-0.4, -0.2) is 64.7 Å². The first-order chi connectivity index (χ1) is 16.3. The number of hydrogen-bond acceptors (Lipinski definition) is 7. The van der Waals surface area contributed by atoms with Crippen molar-refractivity contribution in [3.63, 3.8) is 0 Å². The van der Waals surface area contributed by atoms with E-state index in [0.29, 0.717) is 35.1 Å². The van der Waals surface area contributed by atoms with E-state index in [4.69, 9.17) is 25.8 Å². The van der Waals surface area contributed by atoms with Crippen molar-refractivity contribution in [1.82, 2.24) is 24.8 Å². The Morgan fingerprint density at radius 2 is 1.97 bits per heavy atom. The molecule has 4 aromatic rings. The van der Waals surface area contributed by atoms with Gasteiger partial charge >= 0.3 is 0 Å². The van der Waals surface area contributed by atoms with Crippen LogP contribution < -0.4 is 9.47 Å². The second-order valence-electron chi connectivity index (χ2n) is 7.85. The average molecular weight is 482 g/mol. The molecule has 0 aliphatic heterocycles. The molecule has 0 aliphatic carbocycles. The van der Waals surface area contributed by atoms with Gasteiger partial charge in [-0.3, -0.25) is 4.79 Å². The number of rotatable bonds is 8. The molecule has 1 aromatic carbocycles. The van der Waals surface area contributed by atoms with Crippen LogP contribution >= 0.6 is 11.6 Å². The summed E-state index contributed by atoms with van der Waals surface area (Å²) in [6, 6.07) is 10.6. The van der Waals surface area contributed by atoms with Crippen LogP contribution in [0.15, 0.2) is 48.8 Å². The van der Waals surface area contributed by atoms with Crippen LogP contribution in [0, 0.1) is 0 Å². The molecule has 0 fully saturated rings. The van der Waals surface area contributed by atoms with Crippen molar-refractivity contribution in [1.29, 1.82) is 0 Å². The van der Waals surface area contributed by atoms with Crippen LogP contribution in [0.25, 0.3) is 22.6 Å². The molecule has 0 unspecified atom stereocenters. The molecule has 34 heavy (non-hydrogen) atoms. The maximum absolute atomic E-state index is 12.2. The van der Waals surface area contributed by atoms with Gasteiger partial charge in [0.2, 0.25) is 5.88 Å². The number of ether oxygens (including phenoxy) is 3. The van der Waals surface area contributed by atoms with Crippen LogP contribution in [0.2, 0.25) is 5.02 Å². The Hall–Kier alpha value is -3.69. The van der Waals surface area contributed by atoms with E-state index in [1.165, 1.54) is 17.2 Å². The van der Waals surface area contributed by atoms with E-state index < -0.39 is 0 Å². The van der Waals surface area contributed by atoms with Gasteiger partial charge in [0, 0.05) is 45.2 Å². The number of carbonyl (C=O) groups excluding carboxylic acids is 1. The second-order valence-corrected chi connectivity index (χ2v) is 8.25. The molecule has 0 spiro atoms. The summed E-state index contributed by atoms with van der Waals surface area (Å²) < 4.78 is 17.2. The molecule has 0 saturated heterocycles. The molecule has 10 heteroatoms. The largest absolute Gasteiger partial charge is 0.488 e. The fourth-order valence-corrected chi connectivity index (χ4v) is 3.51. The highest BCUT2D eigenvalue weighted by Crippen LogP contribution is 2.34. The standard InChI is InChI=1S/C24H24ClN5O4/c1-14(13-32-4)33-17-8-15(21-28-20-6-5-7-26-22(20)29-21)9-18(11-17)34-23-19(25)10-16(12-27-23)24(31)30(2)3/h5-12,14H,13H2,1-4H3,(H,26,28,29)/t14-/m0/s1. The summed E-state index contributed by atoms with van der Waals surface area (Å²) in [6.07, 6.45) is 2.93. The Labute approximate surface area is 201 Å². The lowest BCUT2D eigenvalue weighted by Crippen LogP contribution is -2.21. The third-order valence-corrected chi connectivity index (χ3v) is 5.09.